The van der Waals surface area contributed by atoms with Crippen LogP contribution in [0.2, 0.25) is 8.87 Å². The van der Waals surface area contributed by atoms with Gasteiger partial charge in [-0.3, -0.25) is 4.89 Å². The first-order valence-electron chi connectivity index (χ1n) is 8.40. The fraction of sp³-hybridized carbons (Fsp3) is 0.765. The van der Waals surface area contributed by atoms with Gasteiger partial charge in [0.15, 0.2) is 0 Å². The Kier molecular flexibility index (Phi) is 20.9. The van der Waals surface area contributed by atoms with E-state index in [-0.39, 0.29) is 26.7 Å². The predicted octanol–water partition coefficient (Wildman–Crippen LogP) is 3.08. The van der Waals surface area contributed by atoms with E-state index in [1.165, 1.54) is 32.8 Å². The van der Waals surface area contributed by atoms with Crippen LogP contribution in [-0.4, -0.2) is 40.2 Å². The summed E-state index contributed by atoms with van der Waals surface area (Å²) >= 11 is 0.149. The second kappa shape index (κ2) is 19.5. The average molecular weight is 434 g/mol. The van der Waals surface area contributed by atoms with Crippen molar-refractivity contribution in [2.75, 3.05) is 7.11 Å². The molecule has 1 radical (unpaired) electrons. The molecule has 0 amide bonds. The van der Waals surface area contributed by atoms with E-state index in [9.17, 15) is 14.7 Å². The van der Waals surface area contributed by atoms with E-state index in [1.54, 1.807) is 8.87 Å². The number of hydrogen-bond donors (Lipinski definition) is 0. The maximum absolute atomic E-state index is 11.1. The Bertz CT molecular complexity index is 323. The van der Waals surface area contributed by atoms with Crippen molar-refractivity contribution in [1.82, 2.24) is 0 Å². The van der Waals surface area contributed by atoms with Crippen molar-refractivity contribution in [3.63, 3.8) is 0 Å². The topological polar surface area (TPSA) is 75.7 Å². The van der Waals surface area contributed by atoms with Crippen LogP contribution in [0.3, 0.4) is 0 Å². The molecule has 133 valence electrons. The Balaban J connectivity index is 0. The summed E-state index contributed by atoms with van der Waals surface area (Å²) in [5, 5.41) is 10.2. The van der Waals surface area contributed by atoms with Crippen molar-refractivity contribution in [2.45, 2.75) is 74.6 Å². The zero-order valence-corrected chi connectivity index (χ0v) is 17.8. The van der Waals surface area contributed by atoms with Crippen LogP contribution < -0.4 is 5.11 Å². The first-order valence-corrected chi connectivity index (χ1v) is 12.4. The minimum atomic E-state index is -1.41. The first kappa shape index (κ1) is 24.7. The van der Waals surface area contributed by atoms with E-state index in [2.05, 4.69) is 23.6 Å². The van der Waals surface area contributed by atoms with Crippen molar-refractivity contribution in [3.8, 4) is 0 Å². The van der Waals surface area contributed by atoms with Gasteiger partial charge in [0.25, 0.3) is 0 Å². The van der Waals surface area contributed by atoms with Crippen LogP contribution in [0.1, 0.15) is 65.7 Å². The molecule has 0 N–H and O–H groups in total. The van der Waals surface area contributed by atoms with Crippen LogP contribution in [0, 0.1) is 0 Å². The SMILES string of the molecule is CCCC/C(=C/C(=O)[O-])C(=O)OOC.CCC[CH2][Sn+][CH2]CCC. The second-order valence-corrected chi connectivity index (χ2v) is 9.37. The molecule has 0 bridgehead atoms. The minimum absolute atomic E-state index is 0.0497. The number of hydrogen-bond acceptors (Lipinski definition) is 5. The van der Waals surface area contributed by atoms with Gasteiger partial charge in [-0.25, -0.2) is 4.79 Å². The normalized spacial score (nSPS) is 10.5. The van der Waals surface area contributed by atoms with Crippen molar-refractivity contribution in [1.29, 1.82) is 0 Å². The summed E-state index contributed by atoms with van der Waals surface area (Å²) in [4.78, 5) is 29.7. The summed E-state index contributed by atoms with van der Waals surface area (Å²) < 4.78 is 3.25. The Morgan fingerprint density at radius 2 is 1.52 bits per heavy atom. The second-order valence-electron chi connectivity index (χ2n) is 5.09. The average Bonchev–Trinajstić information content (AvgIpc) is 2.52. The van der Waals surface area contributed by atoms with Crippen molar-refractivity contribution in [3.05, 3.63) is 11.6 Å². The van der Waals surface area contributed by atoms with E-state index in [0.29, 0.717) is 12.8 Å². The molecule has 0 aromatic heterocycles. The van der Waals surface area contributed by atoms with E-state index in [1.807, 2.05) is 6.92 Å². The molecule has 0 aliphatic carbocycles. The molecular formula is C17H31O5Sn. The summed E-state index contributed by atoms with van der Waals surface area (Å²) in [6.45, 7) is 6.51. The van der Waals surface area contributed by atoms with Gasteiger partial charge in [-0.2, -0.15) is 4.89 Å². The van der Waals surface area contributed by atoms with E-state index in [4.69, 9.17) is 0 Å². The van der Waals surface area contributed by atoms with Crippen LogP contribution in [-0.2, 0) is 19.4 Å². The van der Waals surface area contributed by atoms with Crippen LogP contribution in [0.5, 0.6) is 0 Å². The van der Waals surface area contributed by atoms with E-state index < -0.39 is 11.9 Å². The molecule has 0 fully saturated rings. The number of unbranched alkanes of at least 4 members (excludes halogenated alkanes) is 3. The van der Waals surface area contributed by atoms with Crippen molar-refractivity contribution in [2.24, 2.45) is 0 Å². The summed E-state index contributed by atoms with van der Waals surface area (Å²) in [5.74, 6) is -2.20. The van der Waals surface area contributed by atoms with Gasteiger partial charge in [0.05, 0.1) is 13.1 Å². The number of carbonyl (C=O) groups excluding carboxylic acids is 2. The zero-order valence-electron chi connectivity index (χ0n) is 15.0. The molecule has 0 saturated heterocycles. The number of carboxylic acid groups (broad SMARTS) is 1. The molecule has 0 rings (SSSR count). The van der Waals surface area contributed by atoms with Crippen LogP contribution >= 0.6 is 0 Å². The molecule has 0 saturated carbocycles. The third kappa shape index (κ3) is 19.4. The summed E-state index contributed by atoms with van der Waals surface area (Å²) in [5.41, 5.74) is 0.0497. The summed E-state index contributed by atoms with van der Waals surface area (Å²) in [6.07, 6.45) is 8.47. The number of carboxylic acids is 1. The summed E-state index contributed by atoms with van der Waals surface area (Å²) in [6, 6.07) is 0. The quantitative estimate of drug-likeness (QED) is 0.155. The molecule has 0 aromatic carbocycles. The zero-order chi connectivity index (χ0) is 17.9. The molecule has 0 aliphatic rings. The number of aliphatic carboxylic acids is 1. The van der Waals surface area contributed by atoms with Crippen molar-refractivity contribution < 1.29 is 24.5 Å². The third-order valence-electron chi connectivity index (χ3n) is 2.93. The molecule has 0 aromatic rings. The monoisotopic (exact) mass is 435 g/mol. The Hall–Kier alpha value is -0.561. The van der Waals surface area contributed by atoms with Crippen LogP contribution in [0.4, 0.5) is 0 Å². The third-order valence-corrected chi connectivity index (χ3v) is 6.96. The molecular weight excluding hydrogens is 403 g/mol. The molecule has 23 heavy (non-hydrogen) atoms. The first-order chi connectivity index (χ1) is 11.0. The standard InChI is InChI=1S/C9H14O5.2C4H9.Sn/c1-3-4-5-7(6-8(10)11)9(12)14-13-2;2*1-3-4-2;/h6H,3-5H2,1-2H3,(H,10,11);2*1,3-4H2,2H3;/q;;;+1/p-1/b7-6-;;;. The van der Waals surface area contributed by atoms with Gasteiger partial charge < -0.3 is 9.90 Å². The Labute approximate surface area is 151 Å². The number of carbonyl (C=O) groups is 2. The molecule has 0 heterocycles. The van der Waals surface area contributed by atoms with Gasteiger partial charge in [0.2, 0.25) is 0 Å². The fourth-order valence-electron chi connectivity index (χ4n) is 1.60. The molecule has 0 aliphatic heterocycles. The van der Waals surface area contributed by atoms with Gasteiger partial charge in [-0.05, 0) is 18.9 Å². The maximum atomic E-state index is 11.1. The van der Waals surface area contributed by atoms with Gasteiger partial charge in [-0.1, -0.05) is 13.3 Å². The van der Waals surface area contributed by atoms with Crippen LogP contribution in [0.15, 0.2) is 11.6 Å². The van der Waals surface area contributed by atoms with Crippen LogP contribution in [0.25, 0.3) is 0 Å². The van der Waals surface area contributed by atoms with Gasteiger partial charge in [0, 0.05) is 5.57 Å². The molecule has 0 atom stereocenters. The molecule has 0 spiro atoms. The fourth-order valence-corrected chi connectivity index (χ4v) is 5.76. The Morgan fingerprint density at radius 1 is 1.00 bits per heavy atom. The summed E-state index contributed by atoms with van der Waals surface area (Å²) in [7, 11) is 1.17. The molecule has 6 heteroatoms. The number of rotatable bonds is 12. The Morgan fingerprint density at radius 3 is 1.91 bits per heavy atom. The van der Waals surface area contributed by atoms with E-state index >= 15 is 0 Å². The van der Waals surface area contributed by atoms with E-state index in [0.717, 1.165) is 12.5 Å². The van der Waals surface area contributed by atoms with Gasteiger partial charge in [0.1, 0.15) is 0 Å². The molecule has 0 unspecified atom stereocenters. The predicted molar refractivity (Wildman–Crippen MR) is 90.9 cm³/mol. The van der Waals surface area contributed by atoms with Gasteiger partial charge >= 0.3 is 75.5 Å². The van der Waals surface area contributed by atoms with Crippen molar-refractivity contribution >= 4 is 33.1 Å². The molecule has 5 nitrogen and oxygen atoms in total. The van der Waals surface area contributed by atoms with Gasteiger partial charge in [-0.15, -0.1) is 0 Å².